The van der Waals surface area contributed by atoms with Gasteiger partial charge in [0.2, 0.25) is 5.88 Å². The van der Waals surface area contributed by atoms with Crippen molar-refractivity contribution < 1.29 is 23.0 Å². The molecule has 1 atom stereocenters. The quantitative estimate of drug-likeness (QED) is 0.168. The number of halogens is 3. The van der Waals surface area contributed by atoms with Gasteiger partial charge >= 0.3 is 5.97 Å². The number of carbonyl (C=O) groups excluding carboxylic acids is 1. The molecule has 0 saturated heterocycles. The van der Waals surface area contributed by atoms with E-state index in [9.17, 15) is 13.6 Å². The molecule has 0 spiro atoms. The molecule has 0 N–H and O–H groups in total. The summed E-state index contributed by atoms with van der Waals surface area (Å²) in [5.41, 5.74) is 2.05. The molecule has 0 radical (unpaired) electrons. The fourth-order valence-electron chi connectivity index (χ4n) is 5.74. The lowest BCUT2D eigenvalue weighted by atomic mass is 9.83. The van der Waals surface area contributed by atoms with Crippen molar-refractivity contribution in [2.75, 3.05) is 13.2 Å². The predicted molar refractivity (Wildman–Crippen MR) is 157 cm³/mol. The summed E-state index contributed by atoms with van der Waals surface area (Å²) in [7, 11) is 0. The third kappa shape index (κ3) is 5.40. The van der Waals surface area contributed by atoms with Crippen LogP contribution in [0.1, 0.15) is 55.4 Å². The molecule has 0 aliphatic heterocycles. The van der Waals surface area contributed by atoms with Gasteiger partial charge in [0.1, 0.15) is 12.4 Å². The van der Waals surface area contributed by atoms with Crippen LogP contribution in [0.4, 0.5) is 8.78 Å². The van der Waals surface area contributed by atoms with E-state index >= 15 is 0 Å². The SMILES string of the molecule is CCOC(=O)c1cnc(OCC(C2CCCCC2)n2c(-c3ccc(Cl)cc3)nc3cc(F)c(F)cc32)c2ccsc12. The van der Waals surface area contributed by atoms with Gasteiger partial charge in [0.05, 0.1) is 39.3 Å². The van der Waals surface area contributed by atoms with Crippen molar-refractivity contribution in [2.24, 2.45) is 5.92 Å². The number of thiophene rings is 1. The number of esters is 1. The van der Waals surface area contributed by atoms with Crippen LogP contribution in [0.5, 0.6) is 5.88 Å². The maximum atomic E-state index is 14.6. The Labute approximate surface area is 244 Å². The van der Waals surface area contributed by atoms with E-state index in [4.69, 9.17) is 26.1 Å². The highest BCUT2D eigenvalue weighted by molar-refractivity contribution is 7.17. The Kier molecular flexibility index (Phi) is 7.90. The number of imidazole rings is 1. The van der Waals surface area contributed by atoms with Crippen LogP contribution in [0.3, 0.4) is 0 Å². The van der Waals surface area contributed by atoms with E-state index in [2.05, 4.69) is 4.98 Å². The number of ether oxygens (including phenoxy) is 2. The number of nitrogens with zero attached hydrogens (tertiary/aromatic N) is 3. The summed E-state index contributed by atoms with van der Waals surface area (Å²) in [6, 6.07) is 11.3. The van der Waals surface area contributed by atoms with Gasteiger partial charge in [-0.3, -0.25) is 0 Å². The highest BCUT2D eigenvalue weighted by Gasteiger charge is 2.31. The van der Waals surface area contributed by atoms with E-state index in [-0.39, 0.29) is 25.2 Å². The summed E-state index contributed by atoms with van der Waals surface area (Å²) in [5, 5.41) is 3.20. The van der Waals surface area contributed by atoms with Crippen molar-refractivity contribution in [2.45, 2.75) is 45.1 Å². The first-order chi connectivity index (χ1) is 19.9. The first-order valence-corrected chi connectivity index (χ1v) is 15.0. The van der Waals surface area contributed by atoms with Gasteiger partial charge in [-0.1, -0.05) is 30.9 Å². The lowest BCUT2D eigenvalue weighted by Crippen LogP contribution is -2.28. The van der Waals surface area contributed by atoms with Crippen molar-refractivity contribution in [1.82, 2.24) is 14.5 Å². The molecule has 5 aromatic rings. The molecule has 10 heteroatoms. The van der Waals surface area contributed by atoms with Gasteiger partial charge in [0.25, 0.3) is 0 Å². The predicted octanol–water partition coefficient (Wildman–Crippen LogP) is 8.62. The van der Waals surface area contributed by atoms with Gasteiger partial charge in [-0.25, -0.2) is 23.5 Å². The van der Waals surface area contributed by atoms with Crippen LogP contribution in [-0.4, -0.2) is 33.7 Å². The summed E-state index contributed by atoms with van der Waals surface area (Å²) < 4.78 is 43.3. The van der Waals surface area contributed by atoms with Crippen LogP contribution in [0.25, 0.3) is 32.5 Å². The molecule has 3 heterocycles. The van der Waals surface area contributed by atoms with Gasteiger partial charge in [0, 0.05) is 28.9 Å². The average Bonchev–Trinajstić information content (AvgIpc) is 3.61. The second kappa shape index (κ2) is 11.7. The van der Waals surface area contributed by atoms with E-state index in [1.807, 2.05) is 28.1 Å². The molecule has 41 heavy (non-hydrogen) atoms. The van der Waals surface area contributed by atoms with E-state index in [0.717, 1.165) is 53.8 Å². The lowest BCUT2D eigenvalue weighted by Gasteiger charge is -2.32. The molecule has 1 fully saturated rings. The lowest BCUT2D eigenvalue weighted by molar-refractivity contribution is 0.0528. The van der Waals surface area contributed by atoms with Gasteiger partial charge in [-0.15, -0.1) is 11.3 Å². The molecule has 212 valence electrons. The molecule has 0 amide bonds. The van der Waals surface area contributed by atoms with Crippen LogP contribution >= 0.6 is 22.9 Å². The largest absolute Gasteiger partial charge is 0.475 e. The Morgan fingerprint density at radius 3 is 2.63 bits per heavy atom. The van der Waals surface area contributed by atoms with E-state index in [1.165, 1.54) is 23.6 Å². The first-order valence-electron chi connectivity index (χ1n) is 13.7. The van der Waals surface area contributed by atoms with E-state index in [0.29, 0.717) is 33.3 Å². The molecule has 1 unspecified atom stereocenters. The van der Waals surface area contributed by atoms with Crippen LogP contribution in [0, 0.1) is 17.6 Å². The number of carbonyl (C=O) groups is 1. The monoisotopic (exact) mass is 595 g/mol. The van der Waals surface area contributed by atoms with Crippen molar-refractivity contribution in [3.63, 3.8) is 0 Å². The van der Waals surface area contributed by atoms with Crippen LogP contribution in [0.2, 0.25) is 5.02 Å². The van der Waals surface area contributed by atoms with Crippen LogP contribution in [0.15, 0.2) is 54.0 Å². The maximum absolute atomic E-state index is 14.6. The van der Waals surface area contributed by atoms with Crippen molar-refractivity contribution in [3.8, 4) is 17.3 Å². The molecule has 6 nitrogen and oxygen atoms in total. The van der Waals surface area contributed by atoms with Gasteiger partial charge in [0.15, 0.2) is 11.6 Å². The Morgan fingerprint density at radius 1 is 1.12 bits per heavy atom. The molecular formula is C31H28ClF2N3O3S. The van der Waals surface area contributed by atoms with E-state index < -0.39 is 17.6 Å². The minimum atomic E-state index is -0.944. The Bertz CT molecular complexity index is 1710. The zero-order chi connectivity index (χ0) is 28.5. The Morgan fingerprint density at radius 2 is 1.88 bits per heavy atom. The first kappa shape index (κ1) is 27.6. The molecule has 1 aliphatic carbocycles. The van der Waals surface area contributed by atoms with Gasteiger partial charge in [-0.05, 0) is 61.4 Å². The Balaban J connectivity index is 1.44. The third-order valence-corrected chi connectivity index (χ3v) is 8.90. The summed E-state index contributed by atoms with van der Waals surface area (Å²) in [6.07, 6.45) is 6.75. The zero-order valence-electron chi connectivity index (χ0n) is 22.4. The summed E-state index contributed by atoms with van der Waals surface area (Å²) >= 11 is 7.59. The second-order valence-electron chi connectivity index (χ2n) is 10.2. The average molecular weight is 596 g/mol. The fourth-order valence-corrected chi connectivity index (χ4v) is 6.75. The minimum absolute atomic E-state index is 0.220. The second-order valence-corrected chi connectivity index (χ2v) is 11.6. The maximum Gasteiger partial charge on any atom is 0.341 e. The number of aromatic nitrogens is 3. The van der Waals surface area contributed by atoms with Crippen LogP contribution in [-0.2, 0) is 4.74 Å². The number of hydrogen-bond acceptors (Lipinski definition) is 6. The topological polar surface area (TPSA) is 66.2 Å². The molecule has 1 saturated carbocycles. The van der Waals surface area contributed by atoms with Gasteiger partial charge in [-0.2, -0.15) is 0 Å². The minimum Gasteiger partial charge on any atom is -0.475 e. The smallest absolute Gasteiger partial charge is 0.341 e. The van der Waals surface area contributed by atoms with Crippen LogP contribution < -0.4 is 4.74 Å². The third-order valence-electron chi connectivity index (χ3n) is 7.70. The molecule has 0 bridgehead atoms. The number of rotatable bonds is 8. The number of pyridine rings is 1. The highest BCUT2D eigenvalue weighted by Crippen LogP contribution is 2.40. The molecular weight excluding hydrogens is 568 g/mol. The molecule has 3 aromatic heterocycles. The molecule has 1 aliphatic rings. The zero-order valence-corrected chi connectivity index (χ0v) is 24.0. The Hall–Kier alpha value is -3.56. The fraction of sp³-hybridized carbons (Fsp3) is 0.323. The number of benzene rings is 2. The van der Waals surface area contributed by atoms with Crippen molar-refractivity contribution >= 4 is 50.0 Å². The van der Waals surface area contributed by atoms with Crippen molar-refractivity contribution in [1.29, 1.82) is 0 Å². The standard InChI is InChI=1S/C31H28ClF2N3O3S/c1-2-39-31(38)22-16-35-30(21-12-13-41-28(21)22)40-17-27(18-6-4-3-5-7-18)37-26-15-24(34)23(33)14-25(26)36-29(37)19-8-10-20(32)11-9-19/h8-16,18,27H,2-7,17H2,1H3. The van der Waals surface area contributed by atoms with Gasteiger partial charge < -0.3 is 14.0 Å². The number of hydrogen-bond donors (Lipinski definition) is 0. The highest BCUT2D eigenvalue weighted by atomic mass is 35.5. The molecule has 6 rings (SSSR count). The summed E-state index contributed by atoms with van der Waals surface area (Å²) in [5.74, 6) is -1.08. The molecule has 2 aromatic carbocycles. The van der Waals surface area contributed by atoms with Crippen molar-refractivity contribution in [3.05, 3.63) is 76.3 Å². The summed E-state index contributed by atoms with van der Waals surface area (Å²) in [6.45, 7) is 2.26. The number of fused-ring (bicyclic) bond motifs is 2. The normalized spacial score (nSPS) is 14.9. The van der Waals surface area contributed by atoms with E-state index in [1.54, 1.807) is 19.1 Å². The summed E-state index contributed by atoms with van der Waals surface area (Å²) in [4.78, 5) is 21.8.